The second-order valence-corrected chi connectivity index (χ2v) is 19.4. The summed E-state index contributed by atoms with van der Waals surface area (Å²) in [5, 5.41) is 1.98. The lowest BCUT2D eigenvalue weighted by Gasteiger charge is -2.17. The number of carbonyl (C=O) groups excluding carboxylic acids is 1. The average Bonchev–Trinajstić information content (AvgIpc) is 3.95. The number of alkyl halides is 6. The highest BCUT2D eigenvalue weighted by molar-refractivity contribution is 7.53. The number of fused-ring (bicyclic) bond motifs is 2. The molecule has 8 rings (SSSR count). The van der Waals surface area contributed by atoms with Crippen molar-refractivity contribution in [1.82, 2.24) is 9.97 Å². The van der Waals surface area contributed by atoms with E-state index in [-0.39, 0.29) is 17.7 Å². The molecule has 0 amide bonds. The van der Waals surface area contributed by atoms with Gasteiger partial charge in [0.2, 0.25) is 0 Å². The number of nitrogens with zero attached hydrogens (tertiary/aromatic N) is 2. The largest absolute Gasteiger partial charge is 0.484 e. The molecule has 0 spiro atoms. The van der Waals surface area contributed by atoms with Gasteiger partial charge in [-0.3, -0.25) is 9.36 Å². The summed E-state index contributed by atoms with van der Waals surface area (Å²) in [5.41, 5.74) is 9.84. The number of aromatic nitrogens is 2. The molecule has 360 valence electrons. The molecule has 0 atom stereocenters. The molecule has 0 saturated carbocycles. The van der Waals surface area contributed by atoms with E-state index in [0.717, 1.165) is 48.9 Å². The van der Waals surface area contributed by atoms with Gasteiger partial charge in [-0.25, -0.2) is 9.97 Å². The van der Waals surface area contributed by atoms with Gasteiger partial charge in [0.25, 0.3) is 0 Å². The van der Waals surface area contributed by atoms with Crippen LogP contribution in [0.2, 0.25) is 0 Å². The number of aryl methyl sites for hydroxylation is 2. The molecule has 2 aromatic heterocycles. The van der Waals surface area contributed by atoms with Gasteiger partial charge in [0.1, 0.15) is 27.8 Å². The highest BCUT2D eigenvalue weighted by Gasteiger charge is 2.29. The van der Waals surface area contributed by atoms with Crippen LogP contribution in [0.25, 0.3) is 53.7 Å². The number of thiazole rings is 2. The van der Waals surface area contributed by atoms with E-state index in [2.05, 4.69) is 48.9 Å². The molecule has 2 heterocycles. The third kappa shape index (κ3) is 16.5. The number of rotatable bonds is 15. The fourth-order valence-corrected chi connectivity index (χ4v) is 10.2. The van der Waals surface area contributed by atoms with Gasteiger partial charge in [-0.15, -0.1) is 22.7 Å². The predicted molar refractivity (Wildman–Crippen MR) is 264 cm³/mol. The van der Waals surface area contributed by atoms with Crippen molar-refractivity contribution in [2.45, 2.75) is 46.2 Å². The molecular weight excluding hydrogens is 958 g/mol. The Morgan fingerprint density at radius 1 is 0.551 bits per heavy atom. The van der Waals surface area contributed by atoms with Gasteiger partial charge in [-0.2, -0.15) is 26.3 Å². The van der Waals surface area contributed by atoms with E-state index in [1.807, 2.05) is 80.6 Å². The number of benzene rings is 6. The van der Waals surface area contributed by atoms with Crippen LogP contribution in [0.1, 0.15) is 52.0 Å². The maximum Gasteiger partial charge on any atom is 0.422 e. The molecule has 0 aliphatic heterocycles. The van der Waals surface area contributed by atoms with Crippen molar-refractivity contribution in [3.8, 4) is 32.6 Å². The van der Waals surface area contributed by atoms with Crippen LogP contribution in [0.5, 0.6) is 11.5 Å². The topological polar surface area (TPSA) is 96.8 Å². The molecule has 0 saturated heterocycles. The zero-order chi connectivity index (χ0) is 49.6. The summed E-state index contributed by atoms with van der Waals surface area (Å²) in [6, 6.07) is 40.5. The Morgan fingerprint density at radius 2 is 0.942 bits per heavy atom. The Hall–Kier alpha value is -6.16. The molecule has 6 aromatic carbocycles. The fourth-order valence-electron chi connectivity index (χ4n) is 6.39. The first-order chi connectivity index (χ1) is 32.9. The van der Waals surface area contributed by atoms with Crippen LogP contribution in [0.3, 0.4) is 0 Å². The van der Waals surface area contributed by atoms with Gasteiger partial charge >= 0.3 is 19.9 Å². The van der Waals surface area contributed by atoms with Gasteiger partial charge in [0, 0.05) is 16.7 Å². The first kappa shape index (κ1) is 52.2. The molecule has 0 bridgehead atoms. The minimum Gasteiger partial charge on any atom is -0.484 e. The minimum absolute atomic E-state index is 0.0907. The lowest BCUT2D eigenvalue weighted by molar-refractivity contribution is -0.154. The monoisotopic (exact) mass is 1000 g/mol. The van der Waals surface area contributed by atoms with Crippen LogP contribution >= 0.6 is 30.3 Å². The van der Waals surface area contributed by atoms with Gasteiger partial charge in [-0.1, -0.05) is 84.9 Å². The molecule has 0 unspecified atom stereocenters. The fraction of sp³-hybridized carbons (Fsp3) is 0.212. The van der Waals surface area contributed by atoms with E-state index in [1.54, 1.807) is 34.8 Å². The number of hydrogen-bond donors (Lipinski definition) is 0. The first-order valence-corrected chi connectivity index (χ1v) is 24.8. The molecule has 0 N–H and O–H groups in total. The van der Waals surface area contributed by atoms with Crippen molar-refractivity contribution in [1.29, 1.82) is 0 Å². The average molecular weight is 1010 g/mol. The maximum atomic E-state index is 12.6. The van der Waals surface area contributed by atoms with Crippen LogP contribution in [-0.2, 0) is 19.8 Å². The second kappa shape index (κ2) is 23.9. The van der Waals surface area contributed by atoms with Crippen LogP contribution in [-0.4, -0.2) is 55.0 Å². The number of halogens is 6. The molecular formula is C52H47F6N2O6PS2. The maximum absolute atomic E-state index is 12.6. The predicted octanol–water partition coefficient (Wildman–Crippen LogP) is 15.9. The zero-order valence-electron chi connectivity index (χ0n) is 37.8. The van der Waals surface area contributed by atoms with E-state index >= 15 is 0 Å². The Bertz CT molecular complexity index is 2980. The molecule has 0 aliphatic rings. The molecule has 0 fully saturated rings. The highest BCUT2D eigenvalue weighted by Crippen LogP contribution is 2.51. The quantitative estimate of drug-likeness (QED) is 0.0434. The Balaban J connectivity index is 0.000000181. The van der Waals surface area contributed by atoms with Gasteiger partial charge in [-0.05, 0) is 116 Å². The minimum atomic E-state index is -4.34. The third-order valence-electron chi connectivity index (χ3n) is 9.64. The lowest BCUT2D eigenvalue weighted by Crippen LogP contribution is -2.19. The van der Waals surface area contributed by atoms with E-state index in [0.29, 0.717) is 25.1 Å². The SMILES string of the molecule is CCOP(=O)(Cc1ccc(-c2nc3ccc(C)cc3s2)cc1)OCC.Cc1ccc2nc(-c3ccc(/C=C/c4ccc(OCC(F)(F)F)cc4)cc3)sc2c1.O=Cc1ccc(OCC(F)(F)F)cc1. The second-order valence-electron chi connectivity index (χ2n) is 15.3. The third-order valence-corrected chi connectivity index (χ3v) is 13.8. The lowest BCUT2D eigenvalue weighted by atomic mass is 10.1. The summed E-state index contributed by atoms with van der Waals surface area (Å²) in [7, 11) is -3.07. The van der Waals surface area contributed by atoms with E-state index in [9.17, 15) is 35.7 Å². The van der Waals surface area contributed by atoms with E-state index < -0.39 is 33.2 Å². The standard InChI is InChI=1S/C24H18F3NOS.C19H22NO3PS.C9H7F3O2/c1-16-2-13-21-22(14-16)30-23(28-21)19-9-5-17(6-10-19)3-4-18-7-11-20(12-8-18)29-15-24(25,26)27;1-4-22-24(21,23-5-2)13-15-7-9-16(10-8-15)19-20-17-11-6-14(3)12-18(17)25-19;10-9(11,12)6-14-8-3-1-7(5-13)2-4-8/h2-14H,15H2,1H3;6-12H,4-5,13H2,1-3H3;1-5H,6H2/b4-3+;;. The zero-order valence-corrected chi connectivity index (χ0v) is 40.4. The van der Waals surface area contributed by atoms with Crippen molar-refractivity contribution >= 4 is 69.1 Å². The number of aldehydes is 1. The smallest absolute Gasteiger partial charge is 0.422 e. The highest BCUT2D eigenvalue weighted by atomic mass is 32.1. The Morgan fingerprint density at radius 3 is 1.33 bits per heavy atom. The summed E-state index contributed by atoms with van der Waals surface area (Å²) >= 11 is 3.36. The summed E-state index contributed by atoms with van der Waals surface area (Å²) in [6.45, 7) is 5.94. The van der Waals surface area contributed by atoms with Crippen LogP contribution in [0.4, 0.5) is 26.3 Å². The summed E-state index contributed by atoms with van der Waals surface area (Å²) in [4.78, 5) is 19.6. The molecule has 0 radical (unpaired) electrons. The van der Waals surface area contributed by atoms with Crippen molar-refractivity contribution in [2.24, 2.45) is 0 Å². The summed E-state index contributed by atoms with van der Waals surface area (Å²) < 4.78 is 107. The number of carbonyl (C=O) groups is 1. The number of ether oxygens (including phenoxy) is 2. The molecule has 17 heteroatoms. The van der Waals surface area contributed by atoms with Crippen molar-refractivity contribution in [2.75, 3.05) is 26.4 Å². The summed E-state index contributed by atoms with van der Waals surface area (Å²) in [5.74, 6) is 0.285. The van der Waals surface area contributed by atoms with E-state index in [1.165, 1.54) is 56.9 Å². The molecule has 8 nitrogen and oxygen atoms in total. The van der Waals surface area contributed by atoms with Gasteiger partial charge < -0.3 is 18.5 Å². The van der Waals surface area contributed by atoms with Crippen molar-refractivity contribution in [3.63, 3.8) is 0 Å². The molecule has 0 aliphatic carbocycles. The van der Waals surface area contributed by atoms with Gasteiger partial charge in [0.15, 0.2) is 13.2 Å². The van der Waals surface area contributed by atoms with Crippen molar-refractivity contribution in [3.05, 3.63) is 167 Å². The van der Waals surface area contributed by atoms with E-state index in [4.69, 9.17) is 23.8 Å². The Kier molecular flexibility index (Phi) is 18.1. The number of hydrogen-bond acceptors (Lipinski definition) is 10. The molecule has 69 heavy (non-hydrogen) atoms. The van der Waals surface area contributed by atoms with Crippen LogP contribution < -0.4 is 9.47 Å². The Labute approximate surface area is 403 Å². The van der Waals surface area contributed by atoms with Crippen molar-refractivity contribution < 1.29 is 54.2 Å². The van der Waals surface area contributed by atoms with Crippen LogP contribution in [0.15, 0.2) is 133 Å². The molecule has 8 aromatic rings. The first-order valence-electron chi connectivity index (χ1n) is 21.4. The normalized spacial score (nSPS) is 11.8. The van der Waals surface area contributed by atoms with Crippen LogP contribution in [0, 0.1) is 13.8 Å². The summed E-state index contributed by atoms with van der Waals surface area (Å²) in [6.07, 6.45) is -3.93. The van der Waals surface area contributed by atoms with Gasteiger partial charge in [0.05, 0.1) is 39.8 Å².